The van der Waals surface area contributed by atoms with E-state index in [-0.39, 0.29) is 11.8 Å². The van der Waals surface area contributed by atoms with Gasteiger partial charge in [0.2, 0.25) is 11.8 Å². The summed E-state index contributed by atoms with van der Waals surface area (Å²) < 4.78 is 5.82. The number of nitrogens with one attached hydrogen (secondary N) is 1. The Morgan fingerprint density at radius 2 is 1.70 bits per heavy atom. The van der Waals surface area contributed by atoms with Crippen LogP contribution in [-0.2, 0) is 11.2 Å². The molecule has 1 amide bonds. The number of oxazole rings is 1. The maximum absolute atomic E-state index is 12.5. The summed E-state index contributed by atoms with van der Waals surface area (Å²) in [5.74, 6) is 0.441. The van der Waals surface area contributed by atoms with Crippen molar-refractivity contribution < 1.29 is 9.21 Å². The molecule has 1 N–H and O–H groups in total. The number of benzene rings is 3. The van der Waals surface area contributed by atoms with E-state index in [1.54, 1.807) is 0 Å². The van der Waals surface area contributed by atoms with E-state index < -0.39 is 0 Å². The fourth-order valence-electron chi connectivity index (χ4n) is 3.04. The van der Waals surface area contributed by atoms with E-state index in [1.807, 2.05) is 85.8 Å². The lowest BCUT2D eigenvalue weighted by Gasteiger charge is -2.12. The molecule has 0 aliphatic rings. The Bertz CT molecular complexity index is 1060. The number of aromatic nitrogens is 1. The van der Waals surface area contributed by atoms with Crippen molar-refractivity contribution in [1.82, 2.24) is 4.98 Å². The van der Waals surface area contributed by atoms with E-state index in [0.29, 0.717) is 17.9 Å². The summed E-state index contributed by atoms with van der Waals surface area (Å²) in [6, 6.07) is 25.3. The summed E-state index contributed by atoms with van der Waals surface area (Å²) in [4.78, 5) is 17.1. The molecule has 1 heterocycles. The van der Waals surface area contributed by atoms with Gasteiger partial charge in [-0.15, -0.1) is 0 Å². The van der Waals surface area contributed by atoms with Crippen molar-refractivity contribution in [2.24, 2.45) is 5.92 Å². The minimum atomic E-state index is -0.125. The lowest BCUT2D eigenvalue weighted by atomic mass is 10.0. The Labute approximate surface area is 157 Å². The fraction of sp³-hybridized carbons (Fsp3) is 0.130. The Morgan fingerprint density at radius 3 is 2.44 bits per heavy atom. The first-order valence-corrected chi connectivity index (χ1v) is 9.00. The number of hydrogen-bond donors (Lipinski definition) is 1. The van der Waals surface area contributed by atoms with Gasteiger partial charge >= 0.3 is 0 Å². The van der Waals surface area contributed by atoms with Crippen molar-refractivity contribution in [3.05, 3.63) is 84.4 Å². The first-order chi connectivity index (χ1) is 13.2. The molecule has 0 aliphatic carbocycles. The number of amides is 1. The van der Waals surface area contributed by atoms with Crippen molar-refractivity contribution >= 4 is 22.7 Å². The molecule has 0 spiro atoms. The number of anilines is 1. The molecule has 4 aromatic rings. The predicted molar refractivity (Wildman–Crippen MR) is 107 cm³/mol. The molecule has 0 saturated heterocycles. The van der Waals surface area contributed by atoms with E-state index in [1.165, 1.54) is 0 Å². The van der Waals surface area contributed by atoms with Gasteiger partial charge in [-0.3, -0.25) is 4.79 Å². The third-order valence-electron chi connectivity index (χ3n) is 4.51. The highest BCUT2D eigenvalue weighted by Gasteiger charge is 2.15. The van der Waals surface area contributed by atoms with Gasteiger partial charge in [-0.05, 0) is 42.3 Å². The maximum Gasteiger partial charge on any atom is 0.227 e. The smallest absolute Gasteiger partial charge is 0.227 e. The second kappa shape index (κ2) is 7.46. The molecule has 0 bridgehead atoms. The number of rotatable bonds is 5. The van der Waals surface area contributed by atoms with Crippen LogP contribution in [0.5, 0.6) is 0 Å². The molecule has 1 aromatic heterocycles. The molecule has 4 nitrogen and oxygen atoms in total. The molecule has 1 unspecified atom stereocenters. The van der Waals surface area contributed by atoms with E-state index in [4.69, 9.17) is 4.42 Å². The second-order valence-electron chi connectivity index (χ2n) is 6.65. The van der Waals surface area contributed by atoms with Gasteiger partial charge < -0.3 is 9.73 Å². The number of hydrogen-bond acceptors (Lipinski definition) is 3. The molecule has 4 rings (SSSR count). The lowest BCUT2D eigenvalue weighted by molar-refractivity contribution is -0.119. The van der Waals surface area contributed by atoms with Crippen LogP contribution in [0.1, 0.15) is 12.5 Å². The highest BCUT2D eigenvalue weighted by Crippen LogP contribution is 2.26. The van der Waals surface area contributed by atoms with Crippen molar-refractivity contribution in [3.63, 3.8) is 0 Å². The summed E-state index contributed by atoms with van der Waals surface area (Å²) in [6.07, 6.45) is 0.705. The summed E-state index contributed by atoms with van der Waals surface area (Å²) in [5, 5.41) is 2.98. The first kappa shape index (κ1) is 17.0. The monoisotopic (exact) mass is 356 g/mol. The van der Waals surface area contributed by atoms with Gasteiger partial charge in [-0.25, -0.2) is 4.98 Å². The molecule has 4 heteroatoms. The zero-order valence-corrected chi connectivity index (χ0v) is 15.1. The van der Waals surface area contributed by atoms with Crippen LogP contribution in [0, 0.1) is 5.92 Å². The average molecular weight is 356 g/mol. The summed E-state index contributed by atoms with van der Waals surface area (Å²) >= 11 is 0. The quantitative estimate of drug-likeness (QED) is 0.527. The molecular formula is C23H20N2O2. The molecule has 27 heavy (non-hydrogen) atoms. The summed E-state index contributed by atoms with van der Waals surface area (Å²) in [6.45, 7) is 1.93. The van der Waals surface area contributed by atoms with Crippen LogP contribution in [-0.4, -0.2) is 10.9 Å². The zero-order valence-electron chi connectivity index (χ0n) is 15.1. The molecule has 3 aromatic carbocycles. The Balaban J connectivity index is 1.49. The largest absolute Gasteiger partial charge is 0.436 e. The molecule has 0 saturated carbocycles. The van der Waals surface area contributed by atoms with Crippen molar-refractivity contribution in [1.29, 1.82) is 0 Å². The third kappa shape index (κ3) is 3.90. The van der Waals surface area contributed by atoms with Gasteiger partial charge in [-0.2, -0.15) is 0 Å². The topological polar surface area (TPSA) is 55.1 Å². The van der Waals surface area contributed by atoms with E-state index in [9.17, 15) is 4.79 Å². The Morgan fingerprint density at radius 1 is 1.00 bits per heavy atom. The van der Waals surface area contributed by atoms with Gasteiger partial charge in [0.15, 0.2) is 5.58 Å². The van der Waals surface area contributed by atoms with Gasteiger partial charge in [0.1, 0.15) is 5.52 Å². The van der Waals surface area contributed by atoms with E-state index >= 15 is 0 Å². The van der Waals surface area contributed by atoms with E-state index in [2.05, 4.69) is 10.3 Å². The number of nitrogens with zero attached hydrogens (tertiary/aromatic N) is 1. The molecular weight excluding hydrogens is 336 g/mol. The normalized spacial score (nSPS) is 12.0. The van der Waals surface area contributed by atoms with Crippen molar-refractivity contribution in [2.75, 3.05) is 5.32 Å². The predicted octanol–water partition coefficient (Wildman–Crippen LogP) is 5.31. The van der Waals surface area contributed by atoms with E-state index in [0.717, 1.165) is 22.3 Å². The van der Waals surface area contributed by atoms with Crippen LogP contribution in [0.25, 0.3) is 22.6 Å². The summed E-state index contributed by atoms with van der Waals surface area (Å²) in [5.41, 5.74) is 4.22. The molecule has 0 aliphatic heterocycles. The van der Waals surface area contributed by atoms with Gasteiger partial charge in [0, 0.05) is 17.2 Å². The number of carbonyl (C=O) groups excluding carboxylic acids is 1. The third-order valence-corrected chi connectivity index (χ3v) is 4.51. The highest BCUT2D eigenvalue weighted by molar-refractivity contribution is 5.94. The fourth-order valence-corrected chi connectivity index (χ4v) is 3.04. The van der Waals surface area contributed by atoms with Crippen molar-refractivity contribution in [3.8, 4) is 11.5 Å². The minimum absolute atomic E-state index is 0.00928. The van der Waals surface area contributed by atoms with Gasteiger partial charge in [0.25, 0.3) is 0 Å². The molecule has 1 atom stereocenters. The van der Waals surface area contributed by atoms with Crippen LogP contribution in [0.4, 0.5) is 5.69 Å². The first-order valence-electron chi connectivity index (χ1n) is 9.00. The summed E-state index contributed by atoms with van der Waals surface area (Å²) in [7, 11) is 0. The van der Waals surface area contributed by atoms with Crippen LogP contribution < -0.4 is 5.32 Å². The van der Waals surface area contributed by atoms with Crippen LogP contribution in [0.15, 0.2) is 83.3 Å². The van der Waals surface area contributed by atoms with Crippen LogP contribution >= 0.6 is 0 Å². The Hall–Kier alpha value is -3.40. The van der Waals surface area contributed by atoms with Crippen LogP contribution in [0.3, 0.4) is 0 Å². The molecule has 0 fully saturated rings. The highest BCUT2D eigenvalue weighted by atomic mass is 16.3. The number of carbonyl (C=O) groups is 1. The number of fused-ring (bicyclic) bond motifs is 1. The maximum atomic E-state index is 12.5. The molecule has 134 valence electrons. The van der Waals surface area contributed by atoms with Gasteiger partial charge in [0.05, 0.1) is 0 Å². The SMILES string of the molecule is CC(Cc1ccccc1)C(=O)Nc1ccc2oc(-c3ccccc3)nc2c1. The van der Waals surface area contributed by atoms with Crippen molar-refractivity contribution in [2.45, 2.75) is 13.3 Å². The van der Waals surface area contributed by atoms with Crippen LogP contribution in [0.2, 0.25) is 0 Å². The second-order valence-corrected chi connectivity index (χ2v) is 6.65. The van der Waals surface area contributed by atoms with Gasteiger partial charge in [-0.1, -0.05) is 55.5 Å². The average Bonchev–Trinajstić information content (AvgIpc) is 3.13. The lowest BCUT2D eigenvalue weighted by Crippen LogP contribution is -2.22. The standard InChI is InChI=1S/C23H20N2O2/c1-16(14-17-8-4-2-5-9-17)22(26)24-19-12-13-21-20(15-19)25-23(27-21)18-10-6-3-7-11-18/h2-13,15-16H,14H2,1H3,(H,24,26). The zero-order chi connectivity index (χ0) is 18.6. The minimum Gasteiger partial charge on any atom is -0.436 e. The molecule has 0 radical (unpaired) electrons. The Kier molecular flexibility index (Phi) is 4.71.